The second-order valence-electron chi connectivity index (χ2n) is 7.42. The number of hydrogen-bond acceptors (Lipinski definition) is 3. The van der Waals surface area contributed by atoms with Crippen molar-refractivity contribution in [3.8, 4) is 0 Å². The quantitative estimate of drug-likeness (QED) is 0.893. The van der Waals surface area contributed by atoms with E-state index in [9.17, 15) is 4.79 Å². The first kappa shape index (κ1) is 15.0. The molecule has 2 aromatic rings. The predicted octanol–water partition coefficient (Wildman–Crippen LogP) is 2.21. The fourth-order valence-electron chi connectivity index (χ4n) is 2.99. The van der Waals surface area contributed by atoms with Crippen LogP contribution in [0.15, 0.2) is 18.3 Å². The Bertz CT molecular complexity index is 698. The molecule has 0 fully saturated rings. The van der Waals surface area contributed by atoms with E-state index in [2.05, 4.69) is 37.0 Å². The molecule has 22 heavy (non-hydrogen) atoms. The average molecular weight is 300 g/mol. The molecule has 0 saturated heterocycles. The van der Waals surface area contributed by atoms with Gasteiger partial charge >= 0.3 is 0 Å². The van der Waals surface area contributed by atoms with Crippen molar-refractivity contribution in [2.75, 3.05) is 6.54 Å². The van der Waals surface area contributed by atoms with Crippen molar-refractivity contribution >= 4 is 16.8 Å². The number of rotatable bonds is 2. The minimum Gasteiger partial charge on any atom is -0.337 e. The van der Waals surface area contributed by atoms with Crippen molar-refractivity contribution in [1.29, 1.82) is 0 Å². The number of aromatic nitrogens is 2. The zero-order chi connectivity index (χ0) is 15.9. The summed E-state index contributed by atoms with van der Waals surface area (Å²) in [5.74, 6) is 0.0529. The van der Waals surface area contributed by atoms with E-state index in [0.29, 0.717) is 13.0 Å². The van der Waals surface area contributed by atoms with Crippen molar-refractivity contribution in [1.82, 2.24) is 15.1 Å². The van der Waals surface area contributed by atoms with E-state index < -0.39 is 6.04 Å². The number of carbonyl (C=O) groups is 1. The van der Waals surface area contributed by atoms with Crippen LogP contribution in [0.2, 0.25) is 0 Å². The molecule has 118 valence electrons. The Morgan fingerprint density at radius 1 is 1.41 bits per heavy atom. The molecule has 0 unspecified atom stereocenters. The van der Waals surface area contributed by atoms with Gasteiger partial charge in [0, 0.05) is 18.5 Å². The fraction of sp³-hybridized carbons (Fsp3) is 0.529. The number of nitrogens with zero attached hydrogens (tertiary/aromatic N) is 2. The summed E-state index contributed by atoms with van der Waals surface area (Å²) < 4.78 is 0. The maximum atomic E-state index is 12.6. The van der Waals surface area contributed by atoms with Crippen LogP contribution in [0.5, 0.6) is 0 Å². The number of H-pyrrole nitrogens is 1. The first-order valence-electron chi connectivity index (χ1n) is 7.83. The van der Waals surface area contributed by atoms with Crippen LogP contribution in [0.3, 0.4) is 0 Å². The smallest absolute Gasteiger partial charge is 0.240 e. The van der Waals surface area contributed by atoms with Gasteiger partial charge in [-0.2, -0.15) is 5.10 Å². The van der Waals surface area contributed by atoms with Crippen LogP contribution in [-0.2, 0) is 17.8 Å². The number of carbonyl (C=O) groups excluding carboxylic acids is 1. The van der Waals surface area contributed by atoms with Gasteiger partial charge in [0.2, 0.25) is 5.91 Å². The second-order valence-corrected chi connectivity index (χ2v) is 7.42. The Balaban J connectivity index is 1.96. The van der Waals surface area contributed by atoms with Crippen molar-refractivity contribution in [2.24, 2.45) is 11.1 Å². The van der Waals surface area contributed by atoms with Crippen LogP contribution in [0.25, 0.3) is 10.9 Å². The highest BCUT2D eigenvalue weighted by atomic mass is 16.2. The Hall–Kier alpha value is -1.88. The Labute approximate surface area is 130 Å². The topological polar surface area (TPSA) is 75.0 Å². The monoisotopic (exact) mass is 300 g/mol. The van der Waals surface area contributed by atoms with Crippen molar-refractivity contribution < 1.29 is 4.79 Å². The maximum Gasteiger partial charge on any atom is 0.240 e. The predicted molar refractivity (Wildman–Crippen MR) is 87.3 cm³/mol. The Kier molecular flexibility index (Phi) is 3.68. The van der Waals surface area contributed by atoms with Gasteiger partial charge < -0.3 is 10.6 Å². The number of nitrogens with two attached hydrogens (primary N) is 1. The number of aromatic amines is 1. The van der Waals surface area contributed by atoms with Gasteiger partial charge in [-0.15, -0.1) is 0 Å². The van der Waals surface area contributed by atoms with E-state index in [1.54, 1.807) is 0 Å². The molecule has 5 nitrogen and oxygen atoms in total. The third kappa shape index (κ3) is 2.86. The van der Waals surface area contributed by atoms with E-state index in [4.69, 9.17) is 5.73 Å². The van der Waals surface area contributed by atoms with Crippen LogP contribution in [-0.4, -0.2) is 33.6 Å². The molecule has 3 N–H and O–H groups in total. The summed E-state index contributed by atoms with van der Waals surface area (Å²) in [6, 6.07) is 3.63. The van der Waals surface area contributed by atoms with Gasteiger partial charge in [0.25, 0.3) is 0 Å². The highest BCUT2D eigenvalue weighted by molar-refractivity contribution is 5.87. The summed E-state index contributed by atoms with van der Waals surface area (Å²) in [7, 11) is 0. The van der Waals surface area contributed by atoms with E-state index >= 15 is 0 Å². The molecule has 1 aliphatic heterocycles. The summed E-state index contributed by atoms with van der Waals surface area (Å²) in [5, 5.41) is 8.22. The lowest BCUT2D eigenvalue weighted by molar-refractivity contribution is -0.133. The fourth-order valence-corrected chi connectivity index (χ4v) is 2.99. The zero-order valence-electron chi connectivity index (χ0n) is 13.5. The molecule has 1 amide bonds. The van der Waals surface area contributed by atoms with Gasteiger partial charge in [0.1, 0.15) is 0 Å². The Morgan fingerprint density at radius 3 is 2.91 bits per heavy atom. The largest absolute Gasteiger partial charge is 0.337 e. The van der Waals surface area contributed by atoms with Gasteiger partial charge in [-0.3, -0.25) is 9.89 Å². The van der Waals surface area contributed by atoms with E-state index in [1.165, 1.54) is 5.56 Å². The molecule has 0 radical (unpaired) electrons. The van der Waals surface area contributed by atoms with Crippen LogP contribution in [0, 0.1) is 5.41 Å². The normalized spacial score (nSPS) is 19.4. The Morgan fingerprint density at radius 2 is 2.18 bits per heavy atom. The number of hydrogen-bond donors (Lipinski definition) is 2. The molecule has 1 aliphatic rings. The molecule has 0 aliphatic carbocycles. The van der Waals surface area contributed by atoms with Gasteiger partial charge in [0.15, 0.2) is 0 Å². The first-order chi connectivity index (χ1) is 10.3. The maximum absolute atomic E-state index is 12.6. The van der Waals surface area contributed by atoms with Crippen LogP contribution >= 0.6 is 0 Å². The number of amides is 1. The summed E-state index contributed by atoms with van der Waals surface area (Å²) in [6.07, 6.45) is 3.40. The summed E-state index contributed by atoms with van der Waals surface area (Å²) in [4.78, 5) is 14.5. The van der Waals surface area contributed by atoms with Crippen LogP contribution in [0.4, 0.5) is 0 Å². The molecule has 3 rings (SSSR count). The van der Waals surface area contributed by atoms with Crippen molar-refractivity contribution in [3.05, 3.63) is 29.5 Å². The zero-order valence-corrected chi connectivity index (χ0v) is 13.5. The molecule has 5 heteroatoms. The number of benzene rings is 1. The minimum atomic E-state index is -0.453. The molecule has 0 spiro atoms. The van der Waals surface area contributed by atoms with Crippen molar-refractivity contribution in [3.63, 3.8) is 0 Å². The van der Waals surface area contributed by atoms with E-state index in [1.807, 2.05) is 17.2 Å². The minimum absolute atomic E-state index is 0.0529. The highest BCUT2D eigenvalue weighted by Crippen LogP contribution is 2.28. The molecule has 2 heterocycles. The third-order valence-electron chi connectivity index (χ3n) is 4.38. The van der Waals surface area contributed by atoms with Gasteiger partial charge in [-0.25, -0.2) is 0 Å². The molecular formula is C17H24N4O. The summed E-state index contributed by atoms with van der Waals surface area (Å²) >= 11 is 0. The van der Waals surface area contributed by atoms with E-state index in [0.717, 1.165) is 29.4 Å². The summed E-state index contributed by atoms with van der Waals surface area (Å²) in [5.41, 5.74) is 9.68. The number of fused-ring (bicyclic) bond motifs is 3. The molecular weight excluding hydrogens is 276 g/mol. The molecule has 0 bridgehead atoms. The average Bonchev–Trinajstić information content (AvgIpc) is 2.87. The molecule has 1 aromatic heterocycles. The standard InChI is InChI=1S/C17H24N4O/c1-17(2,3)6-7-21-10-13-11(8-14(18)16(21)22)4-5-15-12(13)9-19-20-15/h4-5,9,14H,6-8,10,18H2,1-3H3,(H,19,20)/t14-/m1/s1. The molecule has 1 atom stereocenters. The van der Waals surface area contributed by atoms with E-state index in [-0.39, 0.29) is 11.3 Å². The lowest BCUT2D eigenvalue weighted by atomic mass is 9.92. The van der Waals surface area contributed by atoms with Gasteiger partial charge in [-0.05, 0) is 35.4 Å². The lowest BCUT2D eigenvalue weighted by Crippen LogP contribution is -2.43. The van der Waals surface area contributed by atoms with Gasteiger partial charge in [-0.1, -0.05) is 26.8 Å². The summed E-state index contributed by atoms with van der Waals surface area (Å²) in [6.45, 7) is 7.94. The molecule has 1 aromatic carbocycles. The van der Waals surface area contributed by atoms with Gasteiger partial charge in [0.05, 0.1) is 17.8 Å². The third-order valence-corrected chi connectivity index (χ3v) is 4.38. The molecule has 0 saturated carbocycles. The van der Waals surface area contributed by atoms with Crippen LogP contribution < -0.4 is 5.73 Å². The lowest BCUT2D eigenvalue weighted by Gasteiger charge is -2.27. The van der Waals surface area contributed by atoms with Crippen LogP contribution in [0.1, 0.15) is 38.3 Å². The van der Waals surface area contributed by atoms with Crippen molar-refractivity contribution in [2.45, 2.75) is 46.2 Å². The number of nitrogens with one attached hydrogen (secondary N) is 1. The first-order valence-corrected chi connectivity index (χ1v) is 7.83. The SMILES string of the molecule is CC(C)(C)CCN1Cc2c(ccc3[nH]ncc23)C[C@@H](N)C1=O. The second kappa shape index (κ2) is 5.39. The highest BCUT2D eigenvalue weighted by Gasteiger charge is 2.28.